The first-order valence-electron chi connectivity index (χ1n) is 5.69. The van der Waals surface area contributed by atoms with Gasteiger partial charge in [-0.05, 0) is 18.2 Å². The van der Waals surface area contributed by atoms with Crippen molar-refractivity contribution in [1.29, 1.82) is 0 Å². The summed E-state index contributed by atoms with van der Waals surface area (Å²) in [6, 6.07) is 4.72. The topological polar surface area (TPSA) is 76.7 Å². The number of carbonyl (C=O) groups is 2. The number of hydrogen-bond donors (Lipinski definition) is 2. The molecular formula is C12H14Cl2N2O4. The summed E-state index contributed by atoms with van der Waals surface area (Å²) in [4.78, 5) is 22.2. The van der Waals surface area contributed by atoms with Crippen LogP contribution in [-0.2, 0) is 9.53 Å². The maximum absolute atomic E-state index is 11.5. The van der Waals surface area contributed by atoms with Gasteiger partial charge in [-0.3, -0.25) is 4.79 Å². The molecule has 0 atom stereocenters. The summed E-state index contributed by atoms with van der Waals surface area (Å²) in [6.07, 6.45) is -0.552. The lowest BCUT2D eigenvalue weighted by Crippen LogP contribution is -2.36. The summed E-state index contributed by atoms with van der Waals surface area (Å²) in [5.74, 6) is 0.0431. The molecule has 2 amide bonds. The highest BCUT2D eigenvalue weighted by molar-refractivity contribution is 6.35. The highest BCUT2D eigenvalue weighted by Gasteiger charge is 2.06. The highest BCUT2D eigenvalue weighted by Crippen LogP contribution is 2.27. The number of carbonyl (C=O) groups excluding carboxylic acids is 2. The molecule has 0 spiro atoms. The number of methoxy groups -OCH3 is 1. The Kier molecular flexibility index (Phi) is 6.97. The summed E-state index contributed by atoms with van der Waals surface area (Å²) < 4.78 is 9.61. The molecule has 0 aliphatic carbocycles. The second kappa shape index (κ2) is 8.50. The van der Waals surface area contributed by atoms with Crippen molar-refractivity contribution >= 4 is 35.2 Å². The lowest BCUT2D eigenvalue weighted by atomic mass is 10.3. The van der Waals surface area contributed by atoms with Crippen LogP contribution in [-0.4, -0.2) is 38.8 Å². The smallest absolute Gasteiger partial charge is 0.406 e. The number of benzene rings is 1. The van der Waals surface area contributed by atoms with E-state index in [1.54, 1.807) is 12.1 Å². The van der Waals surface area contributed by atoms with Crippen molar-refractivity contribution in [1.82, 2.24) is 10.6 Å². The number of nitrogens with one attached hydrogen (secondary N) is 2. The summed E-state index contributed by atoms with van der Waals surface area (Å²) in [7, 11) is 1.26. The van der Waals surface area contributed by atoms with Crippen molar-refractivity contribution in [3.05, 3.63) is 28.2 Å². The van der Waals surface area contributed by atoms with Gasteiger partial charge in [0.05, 0.1) is 12.1 Å². The first kappa shape index (κ1) is 16.4. The number of amides is 2. The molecule has 0 aromatic heterocycles. The van der Waals surface area contributed by atoms with E-state index in [1.807, 2.05) is 0 Å². The fraction of sp³-hybridized carbons (Fsp3) is 0.333. The number of halogens is 2. The van der Waals surface area contributed by atoms with Gasteiger partial charge in [0.15, 0.2) is 6.61 Å². The molecule has 8 heteroatoms. The van der Waals surface area contributed by atoms with E-state index in [4.69, 9.17) is 27.9 Å². The number of hydrogen-bond acceptors (Lipinski definition) is 4. The third kappa shape index (κ3) is 5.99. The third-order valence-electron chi connectivity index (χ3n) is 2.15. The molecule has 0 bridgehead atoms. The highest BCUT2D eigenvalue weighted by atomic mass is 35.5. The van der Waals surface area contributed by atoms with Crippen LogP contribution in [0.2, 0.25) is 10.0 Å². The fourth-order valence-corrected chi connectivity index (χ4v) is 1.69. The van der Waals surface area contributed by atoms with Crippen LogP contribution in [0.15, 0.2) is 18.2 Å². The second-order valence-electron chi connectivity index (χ2n) is 3.63. The Labute approximate surface area is 126 Å². The Morgan fingerprint density at radius 3 is 2.55 bits per heavy atom. The normalized spacial score (nSPS) is 9.75. The second-order valence-corrected chi connectivity index (χ2v) is 4.48. The van der Waals surface area contributed by atoms with Gasteiger partial charge in [0.1, 0.15) is 5.75 Å². The summed E-state index contributed by atoms with van der Waals surface area (Å²) in [5, 5.41) is 5.80. The monoisotopic (exact) mass is 320 g/mol. The Bertz CT molecular complexity index is 483. The lowest BCUT2D eigenvalue weighted by molar-refractivity contribution is -0.123. The Morgan fingerprint density at radius 2 is 1.90 bits per heavy atom. The third-order valence-corrected chi connectivity index (χ3v) is 2.69. The van der Waals surface area contributed by atoms with Crippen LogP contribution < -0.4 is 15.4 Å². The predicted octanol–water partition coefficient (Wildman–Crippen LogP) is 1.84. The molecule has 0 unspecified atom stereocenters. The Morgan fingerprint density at radius 1 is 1.20 bits per heavy atom. The van der Waals surface area contributed by atoms with Crippen molar-refractivity contribution in [2.45, 2.75) is 0 Å². The van der Waals surface area contributed by atoms with Gasteiger partial charge < -0.3 is 20.1 Å². The van der Waals surface area contributed by atoms with Gasteiger partial charge >= 0.3 is 6.09 Å². The van der Waals surface area contributed by atoms with Gasteiger partial charge in [0.25, 0.3) is 5.91 Å². The van der Waals surface area contributed by atoms with E-state index in [0.29, 0.717) is 15.8 Å². The Balaban J connectivity index is 2.24. The largest absolute Gasteiger partial charge is 0.482 e. The summed E-state index contributed by atoms with van der Waals surface area (Å²) in [6.45, 7) is 0.353. The van der Waals surface area contributed by atoms with Gasteiger partial charge in [-0.2, -0.15) is 0 Å². The lowest BCUT2D eigenvalue weighted by Gasteiger charge is -2.09. The molecule has 0 radical (unpaired) electrons. The minimum atomic E-state index is -0.552. The predicted molar refractivity (Wildman–Crippen MR) is 75.4 cm³/mol. The zero-order valence-electron chi connectivity index (χ0n) is 10.7. The fourth-order valence-electron chi connectivity index (χ4n) is 1.23. The average molecular weight is 321 g/mol. The SMILES string of the molecule is COC(=O)NCCNC(=O)COc1ccc(Cl)cc1Cl. The number of ether oxygens (including phenoxy) is 2. The van der Waals surface area contributed by atoms with Gasteiger partial charge in [-0.1, -0.05) is 23.2 Å². The van der Waals surface area contributed by atoms with Crippen molar-refractivity contribution in [2.24, 2.45) is 0 Å². The standard InChI is InChI=1S/C12H14Cl2N2O4/c1-19-12(18)16-5-4-15-11(17)7-20-10-3-2-8(13)6-9(10)14/h2-3,6H,4-5,7H2,1H3,(H,15,17)(H,16,18). The molecule has 0 heterocycles. The van der Waals surface area contributed by atoms with Gasteiger partial charge in [0, 0.05) is 18.1 Å². The van der Waals surface area contributed by atoms with E-state index < -0.39 is 6.09 Å². The number of alkyl carbamates (subject to hydrolysis) is 1. The maximum Gasteiger partial charge on any atom is 0.406 e. The molecule has 1 rings (SSSR count). The minimum absolute atomic E-state index is 0.181. The van der Waals surface area contributed by atoms with Crippen molar-refractivity contribution in [3.63, 3.8) is 0 Å². The van der Waals surface area contributed by atoms with Gasteiger partial charge in [0.2, 0.25) is 0 Å². The van der Waals surface area contributed by atoms with E-state index in [1.165, 1.54) is 13.2 Å². The van der Waals surface area contributed by atoms with Crippen molar-refractivity contribution < 1.29 is 19.1 Å². The zero-order chi connectivity index (χ0) is 15.0. The molecule has 0 fully saturated rings. The van der Waals surface area contributed by atoms with Crippen molar-refractivity contribution in [3.8, 4) is 5.75 Å². The van der Waals surface area contributed by atoms with E-state index >= 15 is 0 Å². The molecule has 0 aliphatic rings. The van der Waals surface area contributed by atoms with E-state index in [0.717, 1.165) is 0 Å². The van der Waals surface area contributed by atoms with Crippen LogP contribution in [0, 0.1) is 0 Å². The summed E-state index contributed by atoms with van der Waals surface area (Å²) >= 11 is 11.6. The quantitative estimate of drug-likeness (QED) is 0.784. The molecule has 0 saturated heterocycles. The zero-order valence-corrected chi connectivity index (χ0v) is 12.3. The minimum Gasteiger partial charge on any atom is -0.482 e. The van der Waals surface area contributed by atoms with Crippen LogP contribution in [0.5, 0.6) is 5.75 Å². The molecular weight excluding hydrogens is 307 g/mol. The van der Waals surface area contributed by atoms with Gasteiger partial charge in [-0.15, -0.1) is 0 Å². The molecule has 6 nitrogen and oxygen atoms in total. The molecule has 110 valence electrons. The maximum atomic E-state index is 11.5. The first-order chi connectivity index (χ1) is 9.52. The van der Waals surface area contributed by atoms with Gasteiger partial charge in [-0.25, -0.2) is 4.79 Å². The van der Waals surface area contributed by atoms with E-state index in [-0.39, 0.29) is 25.6 Å². The molecule has 1 aromatic carbocycles. The van der Waals surface area contributed by atoms with Crippen LogP contribution in [0.4, 0.5) is 4.79 Å². The molecule has 0 aliphatic heterocycles. The number of rotatable bonds is 6. The molecule has 20 heavy (non-hydrogen) atoms. The molecule has 0 saturated carbocycles. The average Bonchev–Trinajstić information content (AvgIpc) is 2.42. The van der Waals surface area contributed by atoms with E-state index in [2.05, 4.69) is 15.4 Å². The first-order valence-corrected chi connectivity index (χ1v) is 6.45. The summed E-state index contributed by atoms with van der Waals surface area (Å²) in [5.41, 5.74) is 0. The Hall–Kier alpha value is -1.66. The van der Waals surface area contributed by atoms with Crippen LogP contribution in [0.1, 0.15) is 0 Å². The van der Waals surface area contributed by atoms with E-state index in [9.17, 15) is 9.59 Å². The molecule has 2 N–H and O–H groups in total. The van der Waals surface area contributed by atoms with Crippen LogP contribution >= 0.6 is 23.2 Å². The molecule has 1 aromatic rings. The van der Waals surface area contributed by atoms with Crippen LogP contribution in [0.3, 0.4) is 0 Å². The van der Waals surface area contributed by atoms with Crippen LogP contribution in [0.25, 0.3) is 0 Å². The van der Waals surface area contributed by atoms with Crippen molar-refractivity contribution in [2.75, 3.05) is 26.8 Å².